The first kappa shape index (κ1) is 27.0. The fraction of sp³-hybridized carbons (Fsp3) is 0.241. The van der Waals surface area contributed by atoms with Gasteiger partial charge in [0.15, 0.2) is 11.5 Å². The fourth-order valence-electron chi connectivity index (χ4n) is 4.06. The zero-order valence-corrected chi connectivity index (χ0v) is 22.0. The van der Waals surface area contributed by atoms with Crippen LogP contribution in [0.1, 0.15) is 34.1 Å². The van der Waals surface area contributed by atoms with Crippen molar-refractivity contribution in [3.8, 4) is 11.8 Å². The molecule has 3 aromatic carbocycles. The molecule has 5 N–H and O–H groups in total. The predicted octanol–water partition coefficient (Wildman–Crippen LogP) is 4.60. The van der Waals surface area contributed by atoms with Gasteiger partial charge in [-0.1, -0.05) is 78.3 Å². The van der Waals surface area contributed by atoms with Crippen molar-refractivity contribution in [3.63, 3.8) is 0 Å². The molecule has 0 fully saturated rings. The molecule has 1 aromatic heterocycles. The van der Waals surface area contributed by atoms with E-state index in [1.165, 1.54) is 6.07 Å². The third-order valence-electron chi connectivity index (χ3n) is 5.92. The van der Waals surface area contributed by atoms with Crippen LogP contribution >= 0.6 is 11.6 Å². The summed E-state index contributed by atoms with van der Waals surface area (Å²) >= 11 is 6.16. The van der Waals surface area contributed by atoms with Crippen molar-refractivity contribution in [2.45, 2.75) is 32.5 Å². The number of benzene rings is 3. The fourth-order valence-corrected chi connectivity index (χ4v) is 4.26. The quantitative estimate of drug-likeness (QED) is 0.211. The first-order valence-corrected chi connectivity index (χ1v) is 12.9. The van der Waals surface area contributed by atoms with Gasteiger partial charge in [0.1, 0.15) is 12.4 Å². The van der Waals surface area contributed by atoms with Crippen molar-refractivity contribution in [2.75, 3.05) is 18.4 Å². The van der Waals surface area contributed by atoms with Crippen LogP contribution in [0.2, 0.25) is 5.02 Å². The SMILES string of the molecule is CCNC(=O)c1c(NC[C@H](N)Cc2ccccc2)nc(OCc2ccccc2)n1Cc1ccc(O)c(Cl)c1. The number of anilines is 1. The number of ether oxygens (including phenoxy) is 1. The van der Waals surface area contributed by atoms with E-state index in [1.807, 2.05) is 67.6 Å². The molecule has 0 radical (unpaired) electrons. The van der Waals surface area contributed by atoms with Gasteiger partial charge in [0.25, 0.3) is 11.9 Å². The average molecular weight is 534 g/mol. The zero-order chi connectivity index (χ0) is 26.9. The number of halogens is 1. The maximum atomic E-state index is 13.3. The number of carbonyl (C=O) groups excluding carboxylic acids is 1. The zero-order valence-electron chi connectivity index (χ0n) is 21.2. The smallest absolute Gasteiger partial charge is 0.299 e. The van der Waals surface area contributed by atoms with Crippen molar-refractivity contribution in [1.82, 2.24) is 14.9 Å². The average Bonchev–Trinajstić information content (AvgIpc) is 3.26. The summed E-state index contributed by atoms with van der Waals surface area (Å²) in [6.07, 6.45) is 0.675. The van der Waals surface area contributed by atoms with E-state index in [4.69, 9.17) is 22.1 Å². The number of nitrogens with two attached hydrogens (primary N) is 1. The number of amides is 1. The summed E-state index contributed by atoms with van der Waals surface area (Å²) < 4.78 is 7.83. The Morgan fingerprint density at radius 3 is 2.39 bits per heavy atom. The van der Waals surface area contributed by atoms with Crippen LogP contribution in [-0.4, -0.2) is 39.7 Å². The number of rotatable bonds is 12. The van der Waals surface area contributed by atoms with Gasteiger partial charge in [-0.2, -0.15) is 4.98 Å². The van der Waals surface area contributed by atoms with E-state index in [-0.39, 0.29) is 41.9 Å². The van der Waals surface area contributed by atoms with Gasteiger partial charge in [0.2, 0.25) is 0 Å². The van der Waals surface area contributed by atoms with E-state index in [0.29, 0.717) is 31.0 Å². The molecule has 0 saturated heterocycles. The van der Waals surface area contributed by atoms with E-state index >= 15 is 0 Å². The monoisotopic (exact) mass is 533 g/mol. The third kappa shape index (κ3) is 7.06. The molecule has 0 aliphatic heterocycles. The van der Waals surface area contributed by atoms with Gasteiger partial charge in [-0.25, -0.2) is 0 Å². The highest BCUT2D eigenvalue weighted by Gasteiger charge is 2.25. The van der Waals surface area contributed by atoms with E-state index in [1.54, 1.807) is 16.7 Å². The van der Waals surface area contributed by atoms with Crippen molar-refractivity contribution in [2.24, 2.45) is 5.73 Å². The van der Waals surface area contributed by atoms with E-state index in [9.17, 15) is 9.90 Å². The van der Waals surface area contributed by atoms with Crippen LogP contribution in [-0.2, 0) is 19.6 Å². The largest absolute Gasteiger partial charge is 0.506 e. The first-order valence-electron chi connectivity index (χ1n) is 12.5. The minimum Gasteiger partial charge on any atom is -0.506 e. The van der Waals surface area contributed by atoms with Crippen LogP contribution in [0.15, 0.2) is 78.9 Å². The van der Waals surface area contributed by atoms with E-state index < -0.39 is 0 Å². The molecule has 0 saturated carbocycles. The van der Waals surface area contributed by atoms with Crippen molar-refractivity contribution in [1.29, 1.82) is 0 Å². The van der Waals surface area contributed by atoms with Crippen LogP contribution < -0.4 is 21.1 Å². The highest BCUT2D eigenvalue weighted by molar-refractivity contribution is 6.32. The molecule has 4 rings (SSSR count). The Hall–Kier alpha value is -4.01. The van der Waals surface area contributed by atoms with Crippen molar-refractivity contribution >= 4 is 23.3 Å². The Kier molecular flexibility index (Phi) is 9.24. The lowest BCUT2D eigenvalue weighted by atomic mass is 10.1. The normalized spacial score (nSPS) is 11.7. The maximum absolute atomic E-state index is 13.3. The van der Waals surface area contributed by atoms with Crippen LogP contribution in [0.3, 0.4) is 0 Å². The van der Waals surface area contributed by atoms with Gasteiger partial charge in [-0.05, 0) is 42.2 Å². The molecule has 9 heteroatoms. The molecule has 0 bridgehead atoms. The summed E-state index contributed by atoms with van der Waals surface area (Å²) in [6, 6.07) is 24.7. The Bertz CT molecular complexity index is 1350. The topological polar surface area (TPSA) is 114 Å². The third-order valence-corrected chi connectivity index (χ3v) is 6.22. The number of hydrogen-bond donors (Lipinski definition) is 4. The van der Waals surface area contributed by atoms with Crippen LogP contribution in [0.5, 0.6) is 11.8 Å². The van der Waals surface area contributed by atoms with E-state index in [0.717, 1.165) is 16.7 Å². The van der Waals surface area contributed by atoms with Crippen LogP contribution in [0.4, 0.5) is 5.82 Å². The van der Waals surface area contributed by atoms with Crippen LogP contribution in [0.25, 0.3) is 0 Å². The van der Waals surface area contributed by atoms with Gasteiger partial charge in [-0.15, -0.1) is 0 Å². The van der Waals surface area contributed by atoms with Gasteiger partial charge in [0.05, 0.1) is 11.6 Å². The molecule has 0 spiro atoms. The standard InChI is InChI=1S/C29H32ClN5O3/c1-2-32-28(37)26-27(33-17-23(31)15-20-9-5-3-6-10-20)34-29(38-19-21-11-7-4-8-12-21)35(26)18-22-13-14-25(36)24(30)16-22/h3-14,16,23,33,36H,2,15,17-19,31H2,1H3,(H,32,37)/t23-/m1/s1. The minimum absolute atomic E-state index is 0.0136. The summed E-state index contributed by atoms with van der Waals surface area (Å²) in [5.74, 6) is 0.0753. The lowest BCUT2D eigenvalue weighted by Gasteiger charge is -2.15. The number of aromatic hydroxyl groups is 1. The number of nitrogens with zero attached hydrogens (tertiary/aromatic N) is 2. The lowest BCUT2D eigenvalue weighted by molar-refractivity contribution is 0.0946. The molecule has 1 heterocycles. The molecular formula is C29H32ClN5O3. The Labute approximate surface area is 227 Å². The number of imidazole rings is 1. The summed E-state index contributed by atoms with van der Waals surface area (Å²) in [5.41, 5.74) is 9.60. The second-order valence-electron chi connectivity index (χ2n) is 8.93. The highest BCUT2D eigenvalue weighted by atomic mass is 35.5. The molecule has 1 atom stereocenters. The number of phenolic OH excluding ortho intramolecular Hbond substituents is 1. The predicted molar refractivity (Wildman–Crippen MR) is 150 cm³/mol. The molecule has 4 aromatic rings. The molecule has 0 aliphatic rings. The Morgan fingerprint density at radius 1 is 1.05 bits per heavy atom. The minimum atomic E-state index is -0.293. The van der Waals surface area contributed by atoms with Gasteiger partial charge < -0.3 is 26.2 Å². The molecular weight excluding hydrogens is 502 g/mol. The summed E-state index contributed by atoms with van der Waals surface area (Å²) in [6.45, 7) is 3.23. The molecule has 0 unspecified atom stereocenters. The molecule has 38 heavy (non-hydrogen) atoms. The molecule has 1 amide bonds. The molecule has 0 aliphatic carbocycles. The first-order chi connectivity index (χ1) is 18.4. The maximum Gasteiger partial charge on any atom is 0.299 e. The number of hydrogen-bond acceptors (Lipinski definition) is 6. The van der Waals surface area contributed by atoms with E-state index in [2.05, 4.69) is 15.6 Å². The highest BCUT2D eigenvalue weighted by Crippen LogP contribution is 2.28. The van der Waals surface area contributed by atoms with Gasteiger partial charge in [-0.3, -0.25) is 9.36 Å². The van der Waals surface area contributed by atoms with Gasteiger partial charge in [0, 0.05) is 19.1 Å². The van der Waals surface area contributed by atoms with Crippen molar-refractivity contribution in [3.05, 3.63) is 106 Å². The second-order valence-corrected chi connectivity index (χ2v) is 9.34. The van der Waals surface area contributed by atoms with Gasteiger partial charge >= 0.3 is 0 Å². The summed E-state index contributed by atoms with van der Waals surface area (Å²) in [7, 11) is 0. The molecule has 198 valence electrons. The number of carbonyl (C=O) groups is 1. The number of nitrogens with one attached hydrogen (secondary N) is 2. The Morgan fingerprint density at radius 2 is 1.74 bits per heavy atom. The van der Waals surface area contributed by atoms with Crippen LogP contribution in [0, 0.1) is 0 Å². The number of phenols is 1. The summed E-state index contributed by atoms with van der Waals surface area (Å²) in [4.78, 5) is 17.9. The lowest BCUT2D eigenvalue weighted by Crippen LogP contribution is -2.32. The Balaban J connectivity index is 1.65. The molecule has 8 nitrogen and oxygen atoms in total. The summed E-state index contributed by atoms with van der Waals surface area (Å²) in [5, 5.41) is 16.2. The second kappa shape index (κ2) is 13.0. The number of aromatic nitrogens is 2. The van der Waals surface area contributed by atoms with Crippen molar-refractivity contribution < 1.29 is 14.6 Å².